The van der Waals surface area contributed by atoms with E-state index in [1.807, 2.05) is 18.2 Å². The first kappa shape index (κ1) is 11.7. The minimum atomic E-state index is 0.338. The van der Waals surface area contributed by atoms with Crippen molar-refractivity contribution in [2.75, 3.05) is 11.4 Å². The normalized spacial score (nSPS) is 19.7. The number of rotatable bonds is 2. The summed E-state index contributed by atoms with van der Waals surface area (Å²) in [6, 6.07) is 8.66. The molecule has 1 aliphatic heterocycles. The Morgan fingerprint density at radius 3 is 3.00 bits per heavy atom. The summed E-state index contributed by atoms with van der Waals surface area (Å²) in [7, 11) is 0. The molecule has 1 aliphatic rings. The van der Waals surface area contributed by atoms with Gasteiger partial charge < -0.3 is 4.90 Å². The van der Waals surface area contributed by atoms with Gasteiger partial charge in [0.15, 0.2) is 0 Å². The molecule has 1 aromatic carbocycles. The van der Waals surface area contributed by atoms with Gasteiger partial charge in [-0.1, -0.05) is 19.1 Å². The summed E-state index contributed by atoms with van der Waals surface area (Å²) in [6.45, 7) is 3.30. The molecule has 3 nitrogen and oxygen atoms in total. The lowest BCUT2D eigenvalue weighted by Crippen LogP contribution is -2.29. The number of halogens is 1. The molecule has 4 heteroatoms. The predicted octanol–water partition coefficient (Wildman–Crippen LogP) is 3.66. The Labute approximate surface area is 112 Å². The predicted molar refractivity (Wildman–Crippen MR) is 75.2 cm³/mol. The fourth-order valence-electron chi connectivity index (χ4n) is 2.79. The van der Waals surface area contributed by atoms with Gasteiger partial charge in [0.05, 0.1) is 5.52 Å². The van der Waals surface area contributed by atoms with Crippen molar-refractivity contribution in [3.05, 3.63) is 29.5 Å². The second-order valence-electron chi connectivity index (χ2n) is 4.73. The number of hydrogen-bond acceptors (Lipinski definition) is 3. The monoisotopic (exact) mass is 261 g/mol. The molecule has 0 bridgehead atoms. The minimum Gasteiger partial charge on any atom is -0.353 e. The van der Waals surface area contributed by atoms with Crippen LogP contribution in [0.15, 0.2) is 24.3 Å². The fourth-order valence-corrected chi connectivity index (χ4v) is 2.96. The van der Waals surface area contributed by atoms with Gasteiger partial charge in [-0.3, -0.25) is 0 Å². The van der Waals surface area contributed by atoms with Crippen LogP contribution in [0.25, 0.3) is 10.9 Å². The molecule has 0 radical (unpaired) electrons. The van der Waals surface area contributed by atoms with Gasteiger partial charge in [-0.05, 0) is 43.0 Å². The van der Waals surface area contributed by atoms with Crippen molar-refractivity contribution < 1.29 is 0 Å². The topological polar surface area (TPSA) is 29.0 Å². The second kappa shape index (κ2) is 4.73. The van der Waals surface area contributed by atoms with Gasteiger partial charge in [0.25, 0.3) is 0 Å². The quantitative estimate of drug-likeness (QED) is 0.773. The van der Waals surface area contributed by atoms with Gasteiger partial charge in [-0.15, -0.1) is 0 Å². The Balaban J connectivity index is 2.15. The molecule has 0 N–H and O–H groups in total. The summed E-state index contributed by atoms with van der Waals surface area (Å²) in [4.78, 5) is 11.1. The zero-order valence-electron chi connectivity index (χ0n) is 10.4. The smallest absolute Gasteiger partial charge is 0.224 e. The van der Waals surface area contributed by atoms with E-state index < -0.39 is 0 Å². The van der Waals surface area contributed by atoms with Gasteiger partial charge in [-0.2, -0.15) is 4.98 Å². The Hall–Kier alpha value is -1.35. The van der Waals surface area contributed by atoms with Crippen LogP contribution in [0.1, 0.15) is 26.2 Å². The Bertz CT molecular complexity index is 570. The number of fused-ring (bicyclic) bond motifs is 1. The maximum absolute atomic E-state index is 6.04. The van der Waals surface area contributed by atoms with E-state index in [-0.39, 0.29) is 0 Å². The Morgan fingerprint density at radius 2 is 2.17 bits per heavy atom. The maximum Gasteiger partial charge on any atom is 0.224 e. The van der Waals surface area contributed by atoms with Crippen molar-refractivity contribution in [2.24, 2.45) is 0 Å². The van der Waals surface area contributed by atoms with Crippen molar-refractivity contribution >= 4 is 28.3 Å². The van der Waals surface area contributed by atoms with Crippen LogP contribution in [0.3, 0.4) is 0 Å². The molecule has 1 atom stereocenters. The van der Waals surface area contributed by atoms with Gasteiger partial charge in [-0.25, -0.2) is 4.98 Å². The first-order valence-corrected chi connectivity index (χ1v) is 6.86. The van der Waals surface area contributed by atoms with Gasteiger partial charge in [0.1, 0.15) is 5.82 Å². The molecule has 0 aliphatic carbocycles. The highest BCUT2D eigenvalue weighted by molar-refractivity contribution is 6.28. The Kier molecular flexibility index (Phi) is 3.08. The van der Waals surface area contributed by atoms with E-state index in [4.69, 9.17) is 11.6 Å². The van der Waals surface area contributed by atoms with Crippen LogP contribution < -0.4 is 4.90 Å². The van der Waals surface area contributed by atoms with Crippen molar-refractivity contribution in [1.82, 2.24) is 9.97 Å². The van der Waals surface area contributed by atoms with Gasteiger partial charge in [0.2, 0.25) is 5.28 Å². The molecule has 0 saturated carbocycles. The van der Waals surface area contributed by atoms with Crippen LogP contribution in [0, 0.1) is 0 Å². The van der Waals surface area contributed by atoms with Crippen molar-refractivity contribution in [3.8, 4) is 0 Å². The summed E-state index contributed by atoms with van der Waals surface area (Å²) in [5.41, 5.74) is 0.925. The fraction of sp³-hybridized carbons (Fsp3) is 0.429. The molecule has 18 heavy (non-hydrogen) atoms. The van der Waals surface area contributed by atoms with E-state index in [9.17, 15) is 0 Å². The van der Waals surface area contributed by atoms with Crippen molar-refractivity contribution in [3.63, 3.8) is 0 Å². The first-order valence-electron chi connectivity index (χ1n) is 6.48. The second-order valence-corrected chi connectivity index (χ2v) is 5.07. The van der Waals surface area contributed by atoms with E-state index in [2.05, 4.69) is 27.9 Å². The van der Waals surface area contributed by atoms with E-state index >= 15 is 0 Å². The molecular weight excluding hydrogens is 246 g/mol. The zero-order chi connectivity index (χ0) is 12.5. The number of benzene rings is 1. The van der Waals surface area contributed by atoms with E-state index in [0.717, 1.165) is 29.7 Å². The molecule has 1 saturated heterocycles. The number of nitrogens with zero attached hydrogens (tertiary/aromatic N) is 3. The summed E-state index contributed by atoms with van der Waals surface area (Å²) < 4.78 is 0. The zero-order valence-corrected chi connectivity index (χ0v) is 11.2. The average molecular weight is 262 g/mol. The third-order valence-corrected chi connectivity index (χ3v) is 3.85. The highest BCUT2D eigenvalue weighted by Crippen LogP contribution is 2.31. The molecule has 1 unspecified atom stereocenters. The molecule has 94 valence electrons. The lowest BCUT2D eigenvalue weighted by Gasteiger charge is -2.25. The number of aromatic nitrogens is 2. The van der Waals surface area contributed by atoms with Crippen LogP contribution >= 0.6 is 11.6 Å². The SMILES string of the molecule is CCC1CCCN1c1nc(Cl)nc2ccccc12. The van der Waals surface area contributed by atoms with Gasteiger partial charge in [0, 0.05) is 18.0 Å². The summed E-state index contributed by atoms with van der Waals surface area (Å²) in [5, 5.41) is 1.44. The molecule has 1 fully saturated rings. The minimum absolute atomic E-state index is 0.338. The highest BCUT2D eigenvalue weighted by atomic mass is 35.5. The van der Waals surface area contributed by atoms with E-state index in [0.29, 0.717) is 11.3 Å². The molecule has 3 rings (SSSR count). The lowest BCUT2D eigenvalue weighted by atomic mass is 10.1. The van der Waals surface area contributed by atoms with Crippen molar-refractivity contribution in [2.45, 2.75) is 32.2 Å². The molecule has 0 amide bonds. The first-order chi connectivity index (χ1) is 8.79. The van der Waals surface area contributed by atoms with Crippen molar-refractivity contribution in [1.29, 1.82) is 0 Å². The summed E-state index contributed by atoms with van der Waals surface area (Å²) in [6.07, 6.45) is 3.62. The third kappa shape index (κ3) is 1.93. The highest BCUT2D eigenvalue weighted by Gasteiger charge is 2.25. The average Bonchev–Trinajstić information content (AvgIpc) is 2.85. The maximum atomic E-state index is 6.04. The van der Waals surface area contributed by atoms with E-state index in [1.54, 1.807) is 0 Å². The number of hydrogen-bond donors (Lipinski definition) is 0. The molecule has 0 spiro atoms. The van der Waals surface area contributed by atoms with E-state index in [1.165, 1.54) is 12.8 Å². The number of para-hydroxylation sites is 1. The summed E-state index contributed by atoms with van der Waals surface area (Å²) in [5.74, 6) is 0.995. The standard InChI is InChI=1S/C14H16ClN3/c1-2-10-6-5-9-18(10)13-11-7-3-4-8-12(11)16-14(15)17-13/h3-4,7-8,10H,2,5-6,9H2,1H3. The number of anilines is 1. The van der Waals surface area contributed by atoms with Crippen LogP contribution in [-0.4, -0.2) is 22.6 Å². The molecular formula is C14H16ClN3. The van der Waals surface area contributed by atoms with Crippen LogP contribution in [-0.2, 0) is 0 Å². The van der Waals surface area contributed by atoms with Crippen LogP contribution in [0.5, 0.6) is 0 Å². The Morgan fingerprint density at radius 1 is 1.33 bits per heavy atom. The van der Waals surface area contributed by atoms with Crippen LogP contribution in [0.4, 0.5) is 5.82 Å². The van der Waals surface area contributed by atoms with Gasteiger partial charge >= 0.3 is 0 Å². The molecule has 2 aromatic rings. The largest absolute Gasteiger partial charge is 0.353 e. The summed E-state index contributed by atoms with van der Waals surface area (Å²) >= 11 is 6.04. The van der Waals surface area contributed by atoms with Crippen LogP contribution in [0.2, 0.25) is 5.28 Å². The molecule has 2 heterocycles. The lowest BCUT2D eigenvalue weighted by molar-refractivity contribution is 0.642. The third-order valence-electron chi connectivity index (χ3n) is 3.68. The molecule has 1 aromatic heterocycles.